The number of anilines is 1. The lowest BCUT2D eigenvalue weighted by atomic mass is 10.3. The largest absolute Gasteiger partial charge is 0.342 e. The molecule has 4 nitrogen and oxygen atoms in total. The molecular weight excluding hydrogens is 160 g/mol. The predicted molar refractivity (Wildman–Crippen MR) is 47.0 cm³/mol. The van der Waals surface area contributed by atoms with E-state index in [-0.39, 0.29) is 0 Å². The second kappa shape index (κ2) is 2.06. The summed E-state index contributed by atoms with van der Waals surface area (Å²) >= 11 is 4.89. The lowest BCUT2D eigenvalue weighted by Crippen LogP contribution is -2.31. The van der Waals surface area contributed by atoms with E-state index in [1.165, 1.54) is 0 Å². The van der Waals surface area contributed by atoms with E-state index in [2.05, 4.69) is 27.2 Å². The molecule has 0 amide bonds. The topological polar surface area (TPSA) is 52.7 Å². The van der Waals surface area contributed by atoms with Gasteiger partial charge in [-0.2, -0.15) is 0 Å². The minimum Gasteiger partial charge on any atom is -0.342 e. The summed E-state index contributed by atoms with van der Waals surface area (Å²) in [5.74, 6) is 0.735. The van der Waals surface area contributed by atoms with E-state index in [1.807, 2.05) is 0 Å². The highest BCUT2D eigenvalue weighted by Crippen LogP contribution is 2.19. The molecule has 1 aromatic rings. The summed E-state index contributed by atoms with van der Waals surface area (Å²) in [6.07, 6.45) is 1.60. The highest BCUT2D eigenvalue weighted by Gasteiger charge is 2.16. The summed E-state index contributed by atoms with van der Waals surface area (Å²) in [7, 11) is 0. The summed E-state index contributed by atoms with van der Waals surface area (Å²) in [5, 5.41) is 6.30. The van der Waals surface area contributed by atoms with Crippen LogP contribution in [0.1, 0.15) is 5.69 Å². The van der Waals surface area contributed by atoms with Crippen LogP contribution in [-0.2, 0) is 0 Å². The Balaban J connectivity index is 2.52. The maximum atomic E-state index is 4.89. The SMILES string of the molecule is C=C1NC(=S)Nc2nc[nH]c21. The molecule has 0 atom stereocenters. The normalized spacial score (nSPS) is 15.3. The Bertz CT molecular complexity index is 327. The van der Waals surface area contributed by atoms with E-state index in [0.29, 0.717) is 5.11 Å². The molecule has 0 unspecified atom stereocenters. The molecule has 0 saturated carbocycles. The van der Waals surface area contributed by atoms with Gasteiger partial charge in [0, 0.05) is 0 Å². The van der Waals surface area contributed by atoms with E-state index in [0.717, 1.165) is 17.2 Å². The van der Waals surface area contributed by atoms with Gasteiger partial charge >= 0.3 is 0 Å². The minimum absolute atomic E-state index is 0.537. The van der Waals surface area contributed by atoms with Gasteiger partial charge in [-0.25, -0.2) is 4.98 Å². The summed E-state index contributed by atoms with van der Waals surface area (Å²) in [5.41, 5.74) is 1.61. The molecule has 1 aliphatic rings. The van der Waals surface area contributed by atoms with Crippen molar-refractivity contribution in [3.05, 3.63) is 18.6 Å². The van der Waals surface area contributed by atoms with Crippen molar-refractivity contribution in [1.82, 2.24) is 15.3 Å². The average Bonchev–Trinajstić information content (AvgIpc) is 2.34. The van der Waals surface area contributed by atoms with E-state index in [4.69, 9.17) is 12.2 Å². The van der Waals surface area contributed by atoms with Crippen molar-refractivity contribution in [3.63, 3.8) is 0 Å². The van der Waals surface area contributed by atoms with E-state index < -0.39 is 0 Å². The van der Waals surface area contributed by atoms with Crippen LogP contribution in [0, 0.1) is 0 Å². The maximum Gasteiger partial charge on any atom is 0.176 e. The zero-order valence-corrected chi connectivity index (χ0v) is 6.46. The van der Waals surface area contributed by atoms with Gasteiger partial charge in [-0.3, -0.25) is 0 Å². The zero-order chi connectivity index (χ0) is 7.84. The number of fused-ring (bicyclic) bond motifs is 1. The monoisotopic (exact) mass is 166 g/mol. The molecule has 11 heavy (non-hydrogen) atoms. The number of aromatic nitrogens is 2. The first-order valence-electron chi connectivity index (χ1n) is 3.08. The van der Waals surface area contributed by atoms with Gasteiger partial charge in [0.2, 0.25) is 0 Å². The smallest absolute Gasteiger partial charge is 0.176 e. The standard InChI is InChI=1S/C6H6N4S/c1-3-4-5(8-2-7-4)10-6(11)9-3/h2H,1H2,(H,7,8)(H2,9,10,11). The Morgan fingerprint density at radius 3 is 3.09 bits per heavy atom. The van der Waals surface area contributed by atoms with Crippen LogP contribution in [-0.4, -0.2) is 15.1 Å². The van der Waals surface area contributed by atoms with Crippen molar-refractivity contribution in [1.29, 1.82) is 0 Å². The van der Waals surface area contributed by atoms with E-state index >= 15 is 0 Å². The molecule has 3 N–H and O–H groups in total. The molecule has 0 bridgehead atoms. The van der Waals surface area contributed by atoms with Gasteiger partial charge in [-0.05, 0) is 12.2 Å². The van der Waals surface area contributed by atoms with Crippen LogP contribution < -0.4 is 10.6 Å². The average molecular weight is 166 g/mol. The predicted octanol–water partition coefficient (Wildman–Crippen LogP) is 0.680. The molecule has 0 aromatic carbocycles. The molecule has 5 heteroatoms. The molecule has 0 radical (unpaired) electrons. The van der Waals surface area contributed by atoms with Crippen molar-refractivity contribution in [2.45, 2.75) is 0 Å². The van der Waals surface area contributed by atoms with Crippen molar-refractivity contribution in [2.24, 2.45) is 0 Å². The first kappa shape index (κ1) is 6.36. The molecule has 1 aromatic heterocycles. The van der Waals surface area contributed by atoms with Gasteiger partial charge in [0.05, 0.1) is 12.0 Å². The number of aromatic amines is 1. The van der Waals surface area contributed by atoms with Crippen molar-refractivity contribution < 1.29 is 0 Å². The van der Waals surface area contributed by atoms with Gasteiger partial charge in [-0.1, -0.05) is 6.58 Å². The molecule has 0 spiro atoms. The fourth-order valence-corrected chi connectivity index (χ4v) is 1.18. The van der Waals surface area contributed by atoms with Gasteiger partial charge in [-0.15, -0.1) is 0 Å². The number of imidazole rings is 1. The van der Waals surface area contributed by atoms with Crippen LogP contribution in [0.3, 0.4) is 0 Å². The second-order valence-electron chi connectivity index (χ2n) is 2.18. The summed E-state index contributed by atoms with van der Waals surface area (Å²) < 4.78 is 0. The van der Waals surface area contributed by atoms with E-state index in [1.54, 1.807) is 6.33 Å². The first-order chi connectivity index (χ1) is 5.27. The zero-order valence-electron chi connectivity index (χ0n) is 5.64. The Kier molecular flexibility index (Phi) is 1.19. The van der Waals surface area contributed by atoms with Crippen molar-refractivity contribution >= 4 is 28.8 Å². The Morgan fingerprint density at radius 2 is 2.27 bits per heavy atom. The Hall–Kier alpha value is -1.36. The number of nitrogens with one attached hydrogen (secondary N) is 3. The second-order valence-corrected chi connectivity index (χ2v) is 2.59. The summed E-state index contributed by atoms with van der Waals surface area (Å²) in [6.45, 7) is 3.77. The minimum atomic E-state index is 0.537. The number of nitrogens with zero attached hydrogens (tertiary/aromatic N) is 1. The third kappa shape index (κ3) is 0.894. The molecule has 0 saturated heterocycles. The van der Waals surface area contributed by atoms with E-state index in [9.17, 15) is 0 Å². The lowest BCUT2D eigenvalue weighted by Gasteiger charge is -2.17. The van der Waals surface area contributed by atoms with Crippen molar-refractivity contribution in [2.75, 3.05) is 5.32 Å². The van der Waals surface area contributed by atoms with Crippen LogP contribution in [0.5, 0.6) is 0 Å². The Labute approximate surface area is 68.7 Å². The first-order valence-corrected chi connectivity index (χ1v) is 3.49. The third-order valence-electron chi connectivity index (χ3n) is 1.44. The van der Waals surface area contributed by atoms with Crippen LogP contribution >= 0.6 is 12.2 Å². The van der Waals surface area contributed by atoms with Crippen LogP contribution in [0.15, 0.2) is 12.9 Å². The third-order valence-corrected chi connectivity index (χ3v) is 1.64. The summed E-state index contributed by atoms with van der Waals surface area (Å²) in [4.78, 5) is 6.94. The molecule has 0 fully saturated rings. The highest BCUT2D eigenvalue weighted by molar-refractivity contribution is 7.80. The van der Waals surface area contributed by atoms with Crippen LogP contribution in [0.25, 0.3) is 5.70 Å². The molecule has 56 valence electrons. The molecule has 2 rings (SSSR count). The highest BCUT2D eigenvalue weighted by atomic mass is 32.1. The number of H-pyrrole nitrogens is 1. The fourth-order valence-electron chi connectivity index (χ4n) is 0.957. The maximum absolute atomic E-state index is 4.89. The molecule has 0 aliphatic carbocycles. The number of hydrogen-bond acceptors (Lipinski definition) is 2. The number of thiocarbonyl (C=S) groups is 1. The number of rotatable bonds is 0. The van der Waals surface area contributed by atoms with Crippen LogP contribution in [0.4, 0.5) is 5.82 Å². The fraction of sp³-hybridized carbons (Fsp3) is 0. The lowest BCUT2D eigenvalue weighted by molar-refractivity contribution is 1.22. The van der Waals surface area contributed by atoms with Gasteiger partial charge in [0.1, 0.15) is 5.69 Å². The quantitative estimate of drug-likeness (QED) is 0.496. The summed E-state index contributed by atoms with van der Waals surface area (Å²) in [6, 6.07) is 0. The Morgan fingerprint density at radius 1 is 1.45 bits per heavy atom. The van der Waals surface area contributed by atoms with Gasteiger partial charge < -0.3 is 15.6 Å². The molecule has 2 heterocycles. The van der Waals surface area contributed by atoms with Gasteiger partial charge in [0.15, 0.2) is 10.9 Å². The van der Waals surface area contributed by atoms with Crippen molar-refractivity contribution in [3.8, 4) is 0 Å². The molecular formula is C6H6N4S. The number of hydrogen-bond donors (Lipinski definition) is 3. The van der Waals surface area contributed by atoms with Crippen LogP contribution in [0.2, 0.25) is 0 Å². The van der Waals surface area contributed by atoms with Gasteiger partial charge in [0.25, 0.3) is 0 Å². The molecule has 1 aliphatic heterocycles.